The summed E-state index contributed by atoms with van der Waals surface area (Å²) < 4.78 is 5.07. The van der Waals surface area contributed by atoms with E-state index in [1.165, 1.54) is 24.8 Å². The van der Waals surface area contributed by atoms with E-state index in [9.17, 15) is 0 Å². The maximum Gasteiger partial charge on any atom is 0.136 e. The number of aryl methyl sites for hydroxylation is 1. The van der Waals surface area contributed by atoms with Crippen LogP contribution in [0, 0.1) is 19.8 Å². The first kappa shape index (κ1) is 13.3. The molecule has 2 heteroatoms. The van der Waals surface area contributed by atoms with E-state index in [1.807, 2.05) is 13.8 Å². The van der Waals surface area contributed by atoms with Crippen molar-refractivity contribution in [3.63, 3.8) is 0 Å². The van der Waals surface area contributed by atoms with E-state index < -0.39 is 0 Å². The van der Waals surface area contributed by atoms with Crippen molar-refractivity contribution in [2.45, 2.75) is 66.2 Å². The van der Waals surface area contributed by atoms with Crippen molar-refractivity contribution in [2.75, 3.05) is 0 Å². The van der Waals surface area contributed by atoms with Gasteiger partial charge in [0.05, 0.1) is 5.69 Å². The Hall–Kier alpha value is -0.790. The molecule has 0 unspecified atom stereocenters. The lowest BCUT2D eigenvalue weighted by molar-refractivity contribution is 0.375. The summed E-state index contributed by atoms with van der Waals surface area (Å²) in [5.74, 6) is 2.06. The van der Waals surface area contributed by atoms with Gasteiger partial charge < -0.3 is 4.52 Å². The van der Waals surface area contributed by atoms with Gasteiger partial charge in [-0.25, -0.2) is 0 Å². The zero-order valence-corrected chi connectivity index (χ0v) is 11.6. The highest BCUT2D eigenvalue weighted by Crippen LogP contribution is 2.31. The van der Waals surface area contributed by atoms with Gasteiger partial charge in [0.15, 0.2) is 0 Å². The Morgan fingerprint density at radius 3 is 1.94 bits per heavy atom. The second-order valence-electron chi connectivity index (χ2n) is 5.81. The third-order valence-corrected chi connectivity index (χ3v) is 3.14. The lowest BCUT2D eigenvalue weighted by atomic mass is 9.89. The van der Waals surface area contributed by atoms with Crippen molar-refractivity contribution in [1.29, 1.82) is 0 Å². The number of nitrogens with zero attached hydrogens (tertiary/aromatic N) is 1. The van der Waals surface area contributed by atoms with Crippen LogP contribution in [0.1, 0.15) is 64.0 Å². The average Bonchev–Trinajstić information content (AvgIpc) is 2.94. The van der Waals surface area contributed by atoms with Crippen molar-refractivity contribution in [1.82, 2.24) is 5.16 Å². The molecule has 2 nitrogen and oxygen atoms in total. The molecule has 1 aliphatic rings. The summed E-state index contributed by atoms with van der Waals surface area (Å²) in [6.45, 7) is 12.7. The smallest absolute Gasteiger partial charge is 0.136 e. The highest BCUT2D eigenvalue weighted by molar-refractivity contribution is 5.25. The minimum atomic E-state index is 0.0991. The van der Waals surface area contributed by atoms with Gasteiger partial charge in [0.2, 0.25) is 0 Å². The predicted molar refractivity (Wildman–Crippen MR) is 67.7 cm³/mol. The van der Waals surface area contributed by atoms with Gasteiger partial charge in [0, 0.05) is 11.0 Å². The molecule has 0 N–H and O–H groups in total. The maximum atomic E-state index is 5.07. The van der Waals surface area contributed by atoms with Gasteiger partial charge in [-0.15, -0.1) is 0 Å². The second kappa shape index (κ2) is 5.03. The van der Waals surface area contributed by atoms with Crippen LogP contribution in [0.25, 0.3) is 0 Å². The fourth-order valence-corrected chi connectivity index (χ4v) is 1.64. The van der Waals surface area contributed by atoms with E-state index in [2.05, 4.69) is 32.9 Å². The molecule has 0 saturated heterocycles. The molecule has 1 aromatic heterocycles. The second-order valence-corrected chi connectivity index (χ2v) is 5.81. The van der Waals surface area contributed by atoms with Crippen LogP contribution in [-0.2, 0) is 5.41 Å². The lowest BCUT2D eigenvalue weighted by Gasteiger charge is -2.14. The molecule has 1 aromatic rings. The Balaban J connectivity index is 0.000000212. The summed E-state index contributed by atoms with van der Waals surface area (Å²) in [5.41, 5.74) is 2.34. The van der Waals surface area contributed by atoms with Gasteiger partial charge in [0.1, 0.15) is 5.76 Å². The minimum absolute atomic E-state index is 0.0991. The van der Waals surface area contributed by atoms with E-state index in [1.54, 1.807) is 0 Å². The molecule has 2 rings (SSSR count). The summed E-state index contributed by atoms with van der Waals surface area (Å²) in [5, 5.41) is 4.01. The normalized spacial score (nSPS) is 15.6. The Kier molecular flexibility index (Phi) is 4.17. The highest BCUT2D eigenvalue weighted by atomic mass is 16.5. The molecule has 0 bridgehead atoms. The van der Waals surface area contributed by atoms with E-state index >= 15 is 0 Å². The van der Waals surface area contributed by atoms with E-state index in [0.29, 0.717) is 0 Å². The van der Waals surface area contributed by atoms with Crippen molar-refractivity contribution in [3.8, 4) is 0 Å². The monoisotopic (exact) mass is 223 g/mol. The zero-order valence-electron chi connectivity index (χ0n) is 11.6. The summed E-state index contributed by atoms with van der Waals surface area (Å²) in [4.78, 5) is 0. The molecule has 0 aromatic carbocycles. The van der Waals surface area contributed by atoms with Gasteiger partial charge >= 0.3 is 0 Å². The fourth-order valence-electron chi connectivity index (χ4n) is 1.64. The van der Waals surface area contributed by atoms with Crippen LogP contribution in [0.5, 0.6) is 0 Å². The van der Waals surface area contributed by atoms with Gasteiger partial charge in [-0.3, -0.25) is 0 Å². The van der Waals surface area contributed by atoms with Gasteiger partial charge in [0.25, 0.3) is 0 Å². The van der Waals surface area contributed by atoms with Crippen LogP contribution in [0.3, 0.4) is 0 Å². The standard InChI is InChI=1S/C9H15NO.C5H10/c1-6-7(2)11-10-8(6)9(3,4)5;1-2-5-3-4-5/h1-5H3;5H,2-4H2,1H3. The first-order chi connectivity index (χ1) is 7.36. The highest BCUT2D eigenvalue weighted by Gasteiger charge is 2.21. The molecule has 1 heterocycles. The zero-order chi connectivity index (χ0) is 12.3. The fraction of sp³-hybridized carbons (Fsp3) is 0.786. The molecule has 0 spiro atoms. The number of aromatic nitrogens is 1. The average molecular weight is 223 g/mol. The van der Waals surface area contributed by atoms with Crippen LogP contribution >= 0.6 is 0 Å². The van der Waals surface area contributed by atoms with Crippen LogP contribution in [0.2, 0.25) is 0 Å². The number of hydrogen-bond acceptors (Lipinski definition) is 2. The summed E-state index contributed by atoms with van der Waals surface area (Å²) >= 11 is 0. The van der Waals surface area contributed by atoms with Crippen LogP contribution in [0.4, 0.5) is 0 Å². The van der Waals surface area contributed by atoms with E-state index in [4.69, 9.17) is 4.52 Å². The van der Waals surface area contributed by atoms with Gasteiger partial charge in [-0.1, -0.05) is 52.1 Å². The van der Waals surface area contributed by atoms with Crippen molar-refractivity contribution in [2.24, 2.45) is 5.92 Å². The largest absolute Gasteiger partial charge is 0.361 e. The Bertz CT molecular complexity index is 329. The number of hydrogen-bond donors (Lipinski definition) is 0. The Morgan fingerprint density at radius 2 is 1.81 bits per heavy atom. The quantitative estimate of drug-likeness (QED) is 0.705. The van der Waals surface area contributed by atoms with Crippen molar-refractivity contribution >= 4 is 0 Å². The van der Waals surface area contributed by atoms with Crippen molar-refractivity contribution < 1.29 is 4.52 Å². The molecule has 16 heavy (non-hydrogen) atoms. The SMILES string of the molecule is CCC1CC1.Cc1onc(C(C)(C)C)c1C. The summed E-state index contributed by atoms with van der Waals surface area (Å²) in [6, 6.07) is 0. The van der Waals surface area contributed by atoms with Gasteiger partial charge in [-0.05, 0) is 19.8 Å². The molecule has 1 aliphatic carbocycles. The van der Waals surface area contributed by atoms with Gasteiger partial charge in [-0.2, -0.15) is 0 Å². The molecule has 0 aliphatic heterocycles. The Morgan fingerprint density at radius 1 is 1.25 bits per heavy atom. The Labute approximate surface area is 99.4 Å². The van der Waals surface area contributed by atoms with Crippen LogP contribution in [0.15, 0.2) is 4.52 Å². The molecule has 0 radical (unpaired) electrons. The van der Waals surface area contributed by atoms with Crippen molar-refractivity contribution in [3.05, 3.63) is 17.0 Å². The van der Waals surface area contributed by atoms with E-state index in [0.717, 1.165) is 17.4 Å². The first-order valence-corrected chi connectivity index (χ1v) is 6.29. The summed E-state index contributed by atoms with van der Waals surface area (Å²) in [6.07, 6.45) is 4.44. The maximum absolute atomic E-state index is 5.07. The molecule has 1 fully saturated rings. The molecular formula is C14H25NO. The molecule has 1 saturated carbocycles. The molecular weight excluding hydrogens is 198 g/mol. The lowest BCUT2D eigenvalue weighted by Crippen LogP contribution is -2.12. The predicted octanol–water partition coefficient (Wildman–Crippen LogP) is 4.40. The van der Waals surface area contributed by atoms with Crippen LogP contribution < -0.4 is 0 Å². The number of rotatable bonds is 1. The van der Waals surface area contributed by atoms with E-state index in [-0.39, 0.29) is 5.41 Å². The topological polar surface area (TPSA) is 26.0 Å². The molecule has 92 valence electrons. The van der Waals surface area contributed by atoms with Crippen LogP contribution in [-0.4, -0.2) is 5.16 Å². The third kappa shape index (κ3) is 3.66. The third-order valence-electron chi connectivity index (χ3n) is 3.14. The summed E-state index contributed by atoms with van der Waals surface area (Å²) in [7, 11) is 0. The minimum Gasteiger partial charge on any atom is -0.361 e. The molecule has 0 atom stereocenters. The molecule has 0 amide bonds. The first-order valence-electron chi connectivity index (χ1n) is 6.29.